The second-order valence-electron chi connectivity index (χ2n) is 5.48. The Hall–Kier alpha value is -1.69. The van der Waals surface area contributed by atoms with Crippen molar-refractivity contribution in [3.63, 3.8) is 0 Å². The lowest BCUT2D eigenvalue weighted by Crippen LogP contribution is -2.30. The van der Waals surface area contributed by atoms with Gasteiger partial charge in [-0.15, -0.1) is 11.3 Å². The fraction of sp³-hybridized carbons (Fsp3) is 0.500. The third-order valence-electron chi connectivity index (χ3n) is 3.19. The number of thiophene rings is 1. The Balaban J connectivity index is 2.51. The van der Waals surface area contributed by atoms with Crippen molar-refractivity contribution in [3.8, 4) is 0 Å². The van der Waals surface area contributed by atoms with Gasteiger partial charge in [-0.2, -0.15) is 0 Å². The lowest BCUT2D eigenvalue weighted by molar-refractivity contribution is 0.0783. The summed E-state index contributed by atoms with van der Waals surface area (Å²) >= 11 is 1.29. The van der Waals surface area contributed by atoms with Crippen LogP contribution in [-0.4, -0.2) is 34.0 Å². The predicted molar refractivity (Wildman–Crippen MR) is 81.4 cm³/mol. The van der Waals surface area contributed by atoms with Crippen LogP contribution in [0.4, 0.5) is 0 Å². The lowest BCUT2D eigenvalue weighted by Gasteiger charge is -2.18. The van der Waals surface area contributed by atoms with Gasteiger partial charge in [0.05, 0.1) is 16.6 Å². The van der Waals surface area contributed by atoms with Crippen molar-refractivity contribution in [2.45, 2.75) is 20.8 Å². The minimum absolute atomic E-state index is 0.0405. The molecule has 2 heterocycles. The van der Waals surface area contributed by atoms with E-state index in [1.807, 2.05) is 6.92 Å². The monoisotopic (exact) mass is 293 g/mol. The van der Waals surface area contributed by atoms with Gasteiger partial charge in [0.1, 0.15) is 4.83 Å². The molecule has 0 N–H and O–H groups in total. The predicted octanol–water partition coefficient (Wildman–Crippen LogP) is 2.03. The van der Waals surface area contributed by atoms with Gasteiger partial charge >= 0.3 is 0 Å². The summed E-state index contributed by atoms with van der Waals surface area (Å²) in [4.78, 5) is 31.8. The van der Waals surface area contributed by atoms with Crippen LogP contribution in [0.5, 0.6) is 0 Å². The Labute approximate surface area is 121 Å². The summed E-state index contributed by atoms with van der Waals surface area (Å²) in [5.74, 6) is 0.367. The largest absolute Gasteiger partial charge is 0.341 e. The molecular weight excluding hydrogens is 274 g/mol. The molecule has 5 nitrogen and oxygen atoms in total. The normalized spacial score (nSPS) is 11.3. The highest BCUT2D eigenvalue weighted by atomic mass is 32.1. The highest BCUT2D eigenvalue weighted by Gasteiger charge is 2.21. The molecule has 0 aliphatic carbocycles. The number of aromatic nitrogens is 2. The number of nitrogens with zero attached hydrogens (tertiary/aromatic N) is 3. The molecule has 0 radical (unpaired) electrons. The van der Waals surface area contributed by atoms with Crippen LogP contribution >= 0.6 is 11.3 Å². The Kier molecular flexibility index (Phi) is 3.94. The Morgan fingerprint density at radius 1 is 1.50 bits per heavy atom. The molecular formula is C14H19N3O2S. The molecule has 0 saturated carbocycles. The first-order valence-electron chi connectivity index (χ1n) is 6.53. The minimum Gasteiger partial charge on any atom is -0.341 e. The second-order valence-corrected chi connectivity index (χ2v) is 6.48. The van der Waals surface area contributed by atoms with Gasteiger partial charge in [0, 0.05) is 20.6 Å². The highest BCUT2D eigenvalue weighted by molar-refractivity contribution is 7.20. The number of carbonyl (C=O) groups excluding carboxylic acids is 1. The molecule has 108 valence electrons. The van der Waals surface area contributed by atoms with Crippen LogP contribution in [0.25, 0.3) is 10.2 Å². The van der Waals surface area contributed by atoms with Gasteiger partial charge in [-0.3, -0.25) is 9.59 Å². The van der Waals surface area contributed by atoms with Gasteiger partial charge in [-0.05, 0) is 18.4 Å². The summed E-state index contributed by atoms with van der Waals surface area (Å²) < 4.78 is 1.44. The van der Waals surface area contributed by atoms with Crippen molar-refractivity contribution < 1.29 is 4.79 Å². The molecule has 0 spiro atoms. The first-order chi connectivity index (χ1) is 9.32. The summed E-state index contributed by atoms with van der Waals surface area (Å²) in [6.45, 7) is 6.65. The Morgan fingerprint density at radius 2 is 2.15 bits per heavy atom. The number of carbonyl (C=O) groups is 1. The quantitative estimate of drug-likeness (QED) is 0.870. The van der Waals surface area contributed by atoms with E-state index in [1.165, 1.54) is 22.2 Å². The van der Waals surface area contributed by atoms with E-state index in [2.05, 4.69) is 18.8 Å². The Bertz CT molecular complexity index is 715. The maximum Gasteiger partial charge on any atom is 0.264 e. The number of fused-ring (bicyclic) bond motifs is 1. The fourth-order valence-corrected chi connectivity index (χ4v) is 3.35. The zero-order valence-electron chi connectivity index (χ0n) is 12.4. The molecule has 2 aromatic rings. The molecule has 1 amide bonds. The van der Waals surface area contributed by atoms with Crippen LogP contribution in [0.1, 0.15) is 29.1 Å². The van der Waals surface area contributed by atoms with E-state index >= 15 is 0 Å². The van der Waals surface area contributed by atoms with E-state index in [9.17, 15) is 9.59 Å². The van der Waals surface area contributed by atoms with E-state index in [0.717, 1.165) is 5.56 Å². The van der Waals surface area contributed by atoms with Crippen LogP contribution < -0.4 is 5.56 Å². The van der Waals surface area contributed by atoms with E-state index in [4.69, 9.17) is 0 Å². The Morgan fingerprint density at radius 3 is 2.75 bits per heavy atom. The molecule has 6 heteroatoms. The zero-order chi connectivity index (χ0) is 15.0. The number of amides is 1. The topological polar surface area (TPSA) is 55.2 Å². The number of aryl methyl sites for hydroxylation is 2. The second kappa shape index (κ2) is 5.36. The summed E-state index contributed by atoms with van der Waals surface area (Å²) in [6, 6.07) is 0. The molecule has 2 rings (SSSR count). The van der Waals surface area contributed by atoms with E-state index in [-0.39, 0.29) is 11.5 Å². The molecule has 0 bridgehead atoms. The van der Waals surface area contributed by atoms with E-state index in [1.54, 1.807) is 19.0 Å². The van der Waals surface area contributed by atoms with Gasteiger partial charge in [0.25, 0.3) is 11.5 Å². The smallest absolute Gasteiger partial charge is 0.264 e. The molecule has 0 atom stereocenters. The van der Waals surface area contributed by atoms with Crippen LogP contribution in [-0.2, 0) is 7.05 Å². The lowest BCUT2D eigenvalue weighted by atomic mass is 10.2. The van der Waals surface area contributed by atoms with Crippen molar-refractivity contribution >= 4 is 27.5 Å². The summed E-state index contributed by atoms with van der Waals surface area (Å²) in [5, 5.41) is 0.557. The van der Waals surface area contributed by atoms with Gasteiger partial charge in [0.2, 0.25) is 0 Å². The molecule has 0 fully saturated rings. The molecule has 0 unspecified atom stereocenters. The first-order valence-corrected chi connectivity index (χ1v) is 7.34. The zero-order valence-corrected chi connectivity index (χ0v) is 13.2. The van der Waals surface area contributed by atoms with Crippen LogP contribution in [0.3, 0.4) is 0 Å². The van der Waals surface area contributed by atoms with E-state index in [0.29, 0.717) is 27.6 Å². The summed E-state index contributed by atoms with van der Waals surface area (Å²) in [6.07, 6.45) is 1.49. The average Bonchev–Trinajstić information content (AvgIpc) is 2.70. The van der Waals surface area contributed by atoms with Crippen molar-refractivity contribution in [2.75, 3.05) is 13.6 Å². The van der Waals surface area contributed by atoms with Crippen molar-refractivity contribution in [2.24, 2.45) is 13.0 Å². The van der Waals surface area contributed by atoms with E-state index < -0.39 is 0 Å². The summed E-state index contributed by atoms with van der Waals surface area (Å²) in [5.41, 5.74) is 0.633. The van der Waals surface area contributed by atoms with Crippen molar-refractivity contribution in [3.05, 3.63) is 27.1 Å². The maximum absolute atomic E-state index is 12.5. The van der Waals surface area contributed by atoms with Crippen molar-refractivity contribution in [1.29, 1.82) is 0 Å². The summed E-state index contributed by atoms with van der Waals surface area (Å²) in [7, 11) is 3.45. The van der Waals surface area contributed by atoms with Crippen molar-refractivity contribution in [1.82, 2.24) is 14.5 Å². The molecule has 0 aliphatic rings. The van der Waals surface area contributed by atoms with Crippen LogP contribution in [0.2, 0.25) is 0 Å². The molecule has 2 aromatic heterocycles. The van der Waals surface area contributed by atoms with Gasteiger partial charge in [-0.25, -0.2) is 4.98 Å². The van der Waals surface area contributed by atoms with Gasteiger partial charge < -0.3 is 9.47 Å². The molecule has 0 aliphatic heterocycles. The highest BCUT2D eigenvalue weighted by Crippen LogP contribution is 2.27. The third-order valence-corrected chi connectivity index (χ3v) is 4.38. The van der Waals surface area contributed by atoms with Crippen LogP contribution in [0, 0.1) is 12.8 Å². The third kappa shape index (κ3) is 2.47. The molecule has 0 saturated heterocycles. The SMILES string of the molecule is Cc1c(C(=O)N(C)CC(C)C)sc2ncn(C)c(=O)c12. The minimum atomic E-state index is -0.102. The maximum atomic E-state index is 12.5. The molecule has 0 aromatic carbocycles. The van der Waals surface area contributed by atoms with Crippen LogP contribution in [0.15, 0.2) is 11.1 Å². The van der Waals surface area contributed by atoms with Gasteiger partial charge in [-0.1, -0.05) is 13.8 Å². The first kappa shape index (κ1) is 14.7. The number of rotatable bonds is 3. The fourth-order valence-electron chi connectivity index (χ4n) is 2.22. The number of hydrogen-bond donors (Lipinski definition) is 0. The number of hydrogen-bond acceptors (Lipinski definition) is 4. The van der Waals surface area contributed by atoms with Gasteiger partial charge in [0.15, 0.2) is 0 Å². The standard InChI is InChI=1S/C14H19N3O2S/c1-8(2)6-16(4)14(19)11-9(3)10-12(20-11)15-7-17(5)13(10)18/h7-8H,6H2,1-5H3. The molecule has 20 heavy (non-hydrogen) atoms. The average molecular weight is 293 g/mol.